The van der Waals surface area contributed by atoms with Crippen LogP contribution in [0.1, 0.15) is 37.5 Å². The quantitative estimate of drug-likeness (QED) is 0.875. The molecule has 0 aliphatic heterocycles. The van der Waals surface area contributed by atoms with Crippen LogP contribution in [0.2, 0.25) is 0 Å². The van der Waals surface area contributed by atoms with Crippen LogP contribution in [0.15, 0.2) is 48.5 Å². The van der Waals surface area contributed by atoms with Crippen molar-refractivity contribution >= 4 is 5.91 Å². The van der Waals surface area contributed by atoms with Crippen molar-refractivity contribution in [2.45, 2.75) is 39.0 Å². The summed E-state index contributed by atoms with van der Waals surface area (Å²) in [5.74, 6) is 0.851. The van der Waals surface area contributed by atoms with Gasteiger partial charge in [-0.15, -0.1) is 0 Å². The second kappa shape index (κ2) is 8.00. The number of ether oxygens (including phenoxy) is 1. The topological polar surface area (TPSA) is 38.3 Å². The van der Waals surface area contributed by atoms with E-state index in [0.717, 1.165) is 17.7 Å². The first-order valence-electron chi connectivity index (χ1n) is 8.37. The third kappa shape index (κ3) is 5.41. The molecule has 0 fully saturated rings. The molecule has 1 amide bonds. The molecule has 0 radical (unpaired) electrons. The summed E-state index contributed by atoms with van der Waals surface area (Å²) in [5.41, 5.74) is 3.73. The van der Waals surface area contributed by atoms with Gasteiger partial charge in [0.05, 0.1) is 13.5 Å². The van der Waals surface area contributed by atoms with Gasteiger partial charge in [-0.05, 0) is 40.7 Å². The SMILES string of the molecule is COc1ccc(CC(=O)NCCc2ccc(C(C)(C)C)cc2)cc1. The summed E-state index contributed by atoms with van der Waals surface area (Å²) in [5, 5.41) is 2.98. The number of methoxy groups -OCH3 is 1. The highest BCUT2D eigenvalue weighted by atomic mass is 16.5. The van der Waals surface area contributed by atoms with Crippen LogP contribution in [0.4, 0.5) is 0 Å². The van der Waals surface area contributed by atoms with Gasteiger partial charge in [-0.1, -0.05) is 57.2 Å². The van der Waals surface area contributed by atoms with Gasteiger partial charge in [0.25, 0.3) is 0 Å². The van der Waals surface area contributed by atoms with E-state index in [-0.39, 0.29) is 11.3 Å². The van der Waals surface area contributed by atoms with E-state index < -0.39 is 0 Å². The van der Waals surface area contributed by atoms with Gasteiger partial charge in [0, 0.05) is 6.54 Å². The van der Waals surface area contributed by atoms with Gasteiger partial charge in [0.15, 0.2) is 0 Å². The van der Waals surface area contributed by atoms with Gasteiger partial charge in [-0.2, -0.15) is 0 Å². The Morgan fingerprint density at radius 2 is 1.54 bits per heavy atom. The van der Waals surface area contributed by atoms with Crippen LogP contribution in [0.5, 0.6) is 5.75 Å². The van der Waals surface area contributed by atoms with Crippen molar-refractivity contribution in [2.24, 2.45) is 0 Å². The molecule has 1 N–H and O–H groups in total. The van der Waals surface area contributed by atoms with Crippen LogP contribution in [0, 0.1) is 0 Å². The Kier molecular flexibility index (Phi) is 6.02. The average Bonchev–Trinajstić information content (AvgIpc) is 2.55. The summed E-state index contributed by atoms with van der Waals surface area (Å²) >= 11 is 0. The molecule has 2 aromatic rings. The zero-order valence-electron chi connectivity index (χ0n) is 15.1. The Hall–Kier alpha value is -2.29. The third-order valence-electron chi connectivity index (χ3n) is 4.08. The number of benzene rings is 2. The van der Waals surface area contributed by atoms with Crippen molar-refractivity contribution in [3.63, 3.8) is 0 Å². The largest absolute Gasteiger partial charge is 0.497 e. The van der Waals surface area contributed by atoms with E-state index >= 15 is 0 Å². The molecule has 0 bridgehead atoms. The molecule has 3 heteroatoms. The van der Waals surface area contributed by atoms with Crippen LogP contribution in [0.25, 0.3) is 0 Å². The fraction of sp³-hybridized carbons (Fsp3) is 0.381. The maximum absolute atomic E-state index is 12.0. The Bertz CT molecular complexity index is 652. The molecule has 0 saturated carbocycles. The second-order valence-corrected chi connectivity index (χ2v) is 7.07. The molecule has 0 aliphatic rings. The Labute approximate surface area is 145 Å². The molecule has 128 valence electrons. The molecule has 0 heterocycles. The molecule has 2 aromatic carbocycles. The van der Waals surface area contributed by atoms with Crippen molar-refractivity contribution in [2.75, 3.05) is 13.7 Å². The Balaban J connectivity index is 1.77. The van der Waals surface area contributed by atoms with Gasteiger partial charge in [0.1, 0.15) is 5.75 Å². The predicted octanol–water partition coefficient (Wildman–Crippen LogP) is 3.89. The Morgan fingerprint density at radius 1 is 0.958 bits per heavy atom. The smallest absolute Gasteiger partial charge is 0.224 e. The molecule has 3 nitrogen and oxygen atoms in total. The monoisotopic (exact) mass is 325 g/mol. The van der Waals surface area contributed by atoms with Crippen molar-refractivity contribution in [1.82, 2.24) is 5.32 Å². The van der Waals surface area contributed by atoms with Crippen LogP contribution < -0.4 is 10.1 Å². The molecule has 0 saturated heterocycles. The molecular weight excluding hydrogens is 298 g/mol. The van der Waals surface area contributed by atoms with E-state index in [1.165, 1.54) is 11.1 Å². The first kappa shape index (κ1) is 18.1. The molecular formula is C21H27NO2. The maximum atomic E-state index is 12.0. The van der Waals surface area contributed by atoms with Gasteiger partial charge in [-0.25, -0.2) is 0 Å². The summed E-state index contributed by atoms with van der Waals surface area (Å²) in [6, 6.07) is 16.2. The minimum absolute atomic E-state index is 0.0477. The summed E-state index contributed by atoms with van der Waals surface area (Å²) < 4.78 is 5.12. The van der Waals surface area contributed by atoms with Gasteiger partial charge < -0.3 is 10.1 Å². The first-order chi connectivity index (χ1) is 11.4. The van der Waals surface area contributed by atoms with E-state index in [0.29, 0.717) is 13.0 Å². The van der Waals surface area contributed by atoms with Gasteiger partial charge in [0.2, 0.25) is 5.91 Å². The number of nitrogens with one attached hydrogen (secondary N) is 1. The number of carbonyl (C=O) groups is 1. The normalized spacial score (nSPS) is 11.2. The fourth-order valence-electron chi connectivity index (χ4n) is 2.51. The van der Waals surface area contributed by atoms with Crippen LogP contribution >= 0.6 is 0 Å². The highest BCUT2D eigenvalue weighted by molar-refractivity contribution is 5.78. The molecule has 24 heavy (non-hydrogen) atoms. The van der Waals surface area contributed by atoms with Gasteiger partial charge in [-0.3, -0.25) is 4.79 Å². The van der Waals surface area contributed by atoms with Crippen LogP contribution in [0.3, 0.4) is 0 Å². The zero-order chi connectivity index (χ0) is 17.6. The summed E-state index contributed by atoms with van der Waals surface area (Å²) in [4.78, 5) is 12.0. The highest BCUT2D eigenvalue weighted by Crippen LogP contribution is 2.22. The van der Waals surface area contributed by atoms with Crippen molar-refractivity contribution in [3.8, 4) is 5.75 Å². The lowest BCUT2D eigenvalue weighted by Gasteiger charge is -2.19. The minimum atomic E-state index is 0.0477. The molecule has 0 spiro atoms. The Morgan fingerprint density at radius 3 is 2.08 bits per heavy atom. The lowest BCUT2D eigenvalue weighted by atomic mass is 9.86. The molecule has 0 aliphatic carbocycles. The average molecular weight is 325 g/mol. The van der Waals surface area contributed by atoms with Gasteiger partial charge >= 0.3 is 0 Å². The third-order valence-corrected chi connectivity index (χ3v) is 4.08. The van der Waals surface area contributed by atoms with Crippen LogP contribution in [-0.2, 0) is 23.1 Å². The number of hydrogen-bond donors (Lipinski definition) is 1. The van der Waals surface area contributed by atoms with E-state index in [2.05, 4.69) is 50.4 Å². The highest BCUT2D eigenvalue weighted by Gasteiger charge is 2.12. The van der Waals surface area contributed by atoms with E-state index in [1.807, 2.05) is 24.3 Å². The second-order valence-electron chi connectivity index (χ2n) is 7.07. The summed E-state index contributed by atoms with van der Waals surface area (Å²) in [6.45, 7) is 7.29. The number of hydrogen-bond acceptors (Lipinski definition) is 2. The molecule has 0 aromatic heterocycles. The number of amides is 1. The fourth-order valence-corrected chi connectivity index (χ4v) is 2.51. The number of rotatable bonds is 6. The van der Waals surface area contributed by atoms with Crippen molar-refractivity contribution in [1.29, 1.82) is 0 Å². The summed E-state index contributed by atoms with van der Waals surface area (Å²) in [6.07, 6.45) is 1.24. The lowest BCUT2D eigenvalue weighted by Crippen LogP contribution is -2.27. The molecule has 2 rings (SSSR count). The van der Waals surface area contributed by atoms with E-state index in [4.69, 9.17) is 4.74 Å². The van der Waals surface area contributed by atoms with Crippen molar-refractivity contribution in [3.05, 3.63) is 65.2 Å². The maximum Gasteiger partial charge on any atom is 0.224 e. The summed E-state index contributed by atoms with van der Waals surface area (Å²) in [7, 11) is 1.63. The van der Waals surface area contributed by atoms with E-state index in [9.17, 15) is 4.79 Å². The van der Waals surface area contributed by atoms with Crippen LogP contribution in [-0.4, -0.2) is 19.6 Å². The lowest BCUT2D eigenvalue weighted by molar-refractivity contribution is -0.120. The molecule has 0 unspecified atom stereocenters. The predicted molar refractivity (Wildman–Crippen MR) is 98.6 cm³/mol. The number of carbonyl (C=O) groups excluding carboxylic acids is 1. The first-order valence-corrected chi connectivity index (χ1v) is 8.37. The minimum Gasteiger partial charge on any atom is -0.497 e. The standard InChI is InChI=1S/C21H27NO2/c1-21(2,3)18-9-5-16(6-10-18)13-14-22-20(23)15-17-7-11-19(24-4)12-8-17/h5-12H,13-15H2,1-4H3,(H,22,23). The van der Waals surface area contributed by atoms with E-state index in [1.54, 1.807) is 7.11 Å². The molecule has 0 atom stereocenters. The zero-order valence-corrected chi connectivity index (χ0v) is 15.1. The van der Waals surface area contributed by atoms with Crippen molar-refractivity contribution < 1.29 is 9.53 Å².